The third-order valence-electron chi connectivity index (χ3n) is 3.70. The fourth-order valence-corrected chi connectivity index (χ4v) is 2.89. The van der Waals surface area contributed by atoms with Gasteiger partial charge in [0.05, 0.1) is 11.5 Å². The minimum atomic E-state index is -0.560. The third kappa shape index (κ3) is 3.85. The van der Waals surface area contributed by atoms with E-state index in [0.29, 0.717) is 18.1 Å². The first-order valence-corrected chi connectivity index (χ1v) is 8.80. The molecule has 1 aliphatic rings. The number of para-hydroxylation sites is 2. The van der Waals surface area contributed by atoms with Gasteiger partial charge in [0.1, 0.15) is 18.3 Å². The third-order valence-corrected chi connectivity index (χ3v) is 4.43. The molecule has 0 aliphatic carbocycles. The van der Waals surface area contributed by atoms with Crippen LogP contribution in [0.25, 0.3) is 0 Å². The van der Waals surface area contributed by atoms with Gasteiger partial charge in [-0.05, 0) is 30.5 Å². The van der Waals surface area contributed by atoms with E-state index in [1.54, 1.807) is 18.2 Å². The molecular weight excluding hydrogens is 344 g/mol. The van der Waals surface area contributed by atoms with Crippen LogP contribution in [0.5, 0.6) is 11.5 Å². The quantitative estimate of drug-likeness (QED) is 0.501. The summed E-state index contributed by atoms with van der Waals surface area (Å²) in [4.78, 5) is 23.8. The van der Waals surface area contributed by atoms with Gasteiger partial charge < -0.3 is 14.8 Å². The van der Waals surface area contributed by atoms with E-state index in [2.05, 4.69) is 5.32 Å². The standard InChI is InChI=1S/C17H16N2O5S/c1-25-12-6-7-14(19(21)22)13(8-12)17(20)18-9-11-10-23-15-4-2-3-5-16(15)24-11/h2-8,11H,9-10H2,1H3,(H,18,20)/t11-/m0/s1. The van der Waals surface area contributed by atoms with Crippen molar-refractivity contribution in [2.45, 2.75) is 11.0 Å². The van der Waals surface area contributed by atoms with Crippen LogP contribution in [0, 0.1) is 10.1 Å². The molecule has 3 rings (SSSR count). The van der Waals surface area contributed by atoms with Crippen LogP contribution in [0.15, 0.2) is 47.4 Å². The second kappa shape index (κ2) is 7.43. The number of benzene rings is 2. The highest BCUT2D eigenvalue weighted by Gasteiger charge is 2.24. The molecule has 0 saturated carbocycles. The van der Waals surface area contributed by atoms with E-state index in [1.807, 2.05) is 18.4 Å². The zero-order valence-corrected chi connectivity index (χ0v) is 14.2. The molecule has 1 amide bonds. The number of carbonyl (C=O) groups excluding carboxylic acids is 1. The number of nitrogens with one attached hydrogen (secondary N) is 1. The normalized spacial score (nSPS) is 15.5. The molecule has 2 aromatic rings. The number of nitro groups is 1. The summed E-state index contributed by atoms with van der Waals surface area (Å²) in [5.41, 5.74) is -0.185. The van der Waals surface area contributed by atoms with Crippen LogP contribution >= 0.6 is 11.8 Å². The van der Waals surface area contributed by atoms with Crippen LogP contribution in [-0.4, -0.2) is 36.3 Å². The molecule has 1 aliphatic heterocycles. The van der Waals surface area contributed by atoms with Gasteiger partial charge >= 0.3 is 0 Å². The molecule has 25 heavy (non-hydrogen) atoms. The summed E-state index contributed by atoms with van der Waals surface area (Å²) in [6.07, 6.45) is 1.48. The van der Waals surface area contributed by atoms with E-state index < -0.39 is 10.8 Å². The summed E-state index contributed by atoms with van der Waals surface area (Å²) in [5, 5.41) is 13.8. The maximum absolute atomic E-state index is 12.4. The fraction of sp³-hybridized carbons (Fsp3) is 0.235. The average Bonchev–Trinajstić information content (AvgIpc) is 2.65. The Morgan fingerprint density at radius 2 is 2.08 bits per heavy atom. The number of carbonyl (C=O) groups is 1. The number of ether oxygens (including phenoxy) is 2. The van der Waals surface area contributed by atoms with Crippen LogP contribution in [-0.2, 0) is 0 Å². The number of nitro benzene ring substituents is 1. The van der Waals surface area contributed by atoms with E-state index >= 15 is 0 Å². The molecule has 0 aromatic heterocycles. The largest absolute Gasteiger partial charge is 0.486 e. The van der Waals surface area contributed by atoms with Crippen LogP contribution in [0.3, 0.4) is 0 Å². The van der Waals surface area contributed by atoms with Gasteiger partial charge in [0.2, 0.25) is 0 Å². The molecule has 1 atom stereocenters. The number of amides is 1. The van der Waals surface area contributed by atoms with Gasteiger partial charge in [0, 0.05) is 11.0 Å². The molecular formula is C17H16N2O5S. The molecule has 0 spiro atoms. The van der Waals surface area contributed by atoms with Gasteiger partial charge in [-0.2, -0.15) is 0 Å². The number of fused-ring (bicyclic) bond motifs is 1. The Balaban J connectivity index is 1.68. The summed E-state index contributed by atoms with van der Waals surface area (Å²) < 4.78 is 11.3. The van der Waals surface area contributed by atoms with Gasteiger partial charge in [-0.25, -0.2) is 0 Å². The van der Waals surface area contributed by atoms with Crippen molar-refractivity contribution in [3.8, 4) is 11.5 Å². The monoisotopic (exact) mass is 360 g/mol. The smallest absolute Gasteiger partial charge is 0.282 e. The van der Waals surface area contributed by atoms with E-state index in [0.717, 1.165) is 4.90 Å². The van der Waals surface area contributed by atoms with Crippen molar-refractivity contribution in [1.29, 1.82) is 0 Å². The van der Waals surface area contributed by atoms with Crippen LogP contribution in [0.1, 0.15) is 10.4 Å². The first kappa shape index (κ1) is 17.1. The fourth-order valence-electron chi connectivity index (χ4n) is 2.45. The molecule has 0 radical (unpaired) electrons. The number of hydrogen-bond donors (Lipinski definition) is 1. The highest BCUT2D eigenvalue weighted by molar-refractivity contribution is 7.98. The lowest BCUT2D eigenvalue weighted by Gasteiger charge is -2.26. The Kier molecular flexibility index (Phi) is 5.08. The lowest BCUT2D eigenvalue weighted by Crippen LogP contribution is -2.40. The number of hydrogen-bond acceptors (Lipinski definition) is 6. The van der Waals surface area contributed by atoms with Crippen molar-refractivity contribution >= 4 is 23.4 Å². The number of nitrogens with zero attached hydrogens (tertiary/aromatic N) is 1. The van der Waals surface area contributed by atoms with Crippen molar-refractivity contribution in [3.63, 3.8) is 0 Å². The van der Waals surface area contributed by atoms with Gasteiger partial charge in [-0.3, -0.25) is 14.9 Å². The lowest BCUT2D eigenvalue weighted by molar-refractivity contribution is -0.385. The summed E-state index contributed by atoms with van der Waals surface area (Å²) in [6, 6.07) is 11.8. The first-order chi connectivity index (χ1) is 12.1. The Bertz CT molecular complexity index is 811. The topological polar surface area (TPSA) is 90.7 Å². The molecule has 0 bridgehead atoms. The maximum Gasteiger partial charge on any atom is 0.282 e. The molecule has 7 nitrogen and oxygen atoms in total. The summed E-state index contributed by atoms with van der Waals surface area (Å²) in [7, 11) is 0. The Hall–Kier alpha value is -2.74. The molecule has 0 saturated heterocycles. The molecule has 1 heterocycles. The predicted molar refractivity (Wildman–Crippen MR) is 93.6 cm³/mol. The predicted octanol–water partition coefficient (Wildman–Crippen LogP) is 2.89. The molecule has 0 fully saturated rings. The van der Waals surface area contributed by atoms with Crippen molar-refractivity contribution in [2.75, 3.05) is 19.4 Å². The SMILES string of the molecule is CSc1ccc([N+](=O)[O-])c(C(=O)NC[C@H]2COc3ccccc3O2)c1. The van der Waals surface area contributed by atoms with E-state index in [-0.39, 0.29) is 23.9 Å². The van der Waals surface area contributed by atoms with Crippen LogP contribution < -0.4 is 14.8 Å². The second-order valence-corrected chi connectivity index (χ2v) is 6.23. The Morgan fingerprint density at radius 1 is 1.32 bits per heavy atom. The van der Waals surface area contributed by atoms with E-state index in [1.165, 1.54) is 23.9 Å². The average molecular weight is 360 g/mol. The van der Waals surface area contributed by atoms with E-state index in [9.17, 15) is 14.9 Å². The van der Waals surface area contributed by atoms with E-state index in [4.69, 9.17) is 9.47 Å². The first-order valence-electron chi connectivity index (χ1n) is 7.57. The molecule has 8 heteroatoms. The van der Waals surface area contributed by atoms with Crippen molar-refractivity contribution in [2.24, 2.45) is 0 Å². The van der Waals surface area contributed by atoms with Gasteiger partial charge in [-0.15, -0.1) is 11.8 Å². The second-order valence-electron chi connectivity index (χ2n) is 5.35. The molecule has 1 N–H and O–H groups in total. The highest BCUT2D eigenvalue weighted by Crippen LogP contribution is 2.30. The van der Waals surface area contributed by atoms with Crippen LogP contribution in [0.2, 0.25) is 0 Å². The molecule has 2 aromatic carbocycles. The van der Waals surface area contributed by atoms with Gasteiger partial charge in [0.15, 0.2) is 11.5 Å². The minimum Gasteiger partial charge on any atom is -0.486 e. The molecule has 0 unspecified atom stereocenters. The van der Waals surface area contributed by atoms with Crippen molar-refractivity contribution < 1.29 is 19.2 Å². The van der Waals surface area contributed by atoms with Crippen LogP contribution in [0.4, 0.5) is 5.69 Å². The Morgan fingerprint density at radius 3 is 2.80 bits per heavy atom. The molecule has 130 valence electrons. The summed E-state index contributed by atoms with van der Waals surface area (Å²) in [5.74, 6) is 0.766. The number of rotatable bonds is 5. The Labute approximate surface area is 148 Å². The zero-order chi connectivity index (χ0) is 17.8. The highest BCUT2D eigenvalue weighted by atomic mass is 32.2. The minimum absolute atomic E-state index is 0.0361. The zero-order valence-electron chi connectivity index (χ0n) is 13.4. The number of thioether (sulfide) groups is 1. The lowest BCUT2D eigenvalue weighted by atomic mass is 10.1. The van der Waals surface area contributed by atoms with Crippen molar-refractivity contribution in [3.05, 3.63) is 58.1 Å². The maximum atomic E-state index is 12.4. The summed E-state index contributed by atoms with van der Waals surface area (Å²) >= 11 is 1.41. The van der Waals surface area contributed by atoms with Gasteiger partial charge in [0.25, 0.3) is 11.6 Å². The summed E-state index contributed by atoms with van der Waals surface area (Å²) in [6.45, 7) is 0.484. The van der Waals surface area contributed by atoms with Gasteiger partial charge in [-0.1, -0.05) is 12.1 Å². The van der Waals surface area contributed by atoms with Crippen molar-refractivity contribution in [1.82, 2.24) is 5.32 Å².